The average Bonchev–Trinajstić information content (AvgIpc) is 3.46. The van der Waals surface area contributed by atoms with Crippen LogP contribution in [-0.2, 0) is 9.59 Å². The van der Waals surface area contributed by atoms with Crippen molar-refractivity contribution in [1.29, 1.82) is 0 Å². The zero-order valence-corrected chi connectivity index (χ0v) is 19.8. The predicted octanol–water partition coefficient (Wildman–Crippen LogP) is 4.40. The number of hydrogen-bond donors (Lipinski definition) is 1. The first kappa shape index (κ1) is 22.7. The number of fused-ring (bicyclic) bond motifs is 1. The van der Waals surface area contributed by atoms with E-state index in [1.165, 1.54) is 5.01 Å². The second-order valence-electron chi connectivity index (χ2n) is 7.94. The van der Waals surface area contributed by atoms with E-state index in [-0.39, 0.29) is 4.91 Å². The highest BCUT2D eigenvalue weighted by molar-refractivity contribution is 8.18. The summed E-state index contributed by atoms with van der Waals surface area (Å²) in [4.78, 5) is 37.0. The number of rotatable bonds is 5. The minimum absolute atomic E-state index is 0.0415. The summed E-state index contributed by atoms with van der Waals surface area (Å²) in [5, 5.41) is 9.83. The van der Waals surface area contributed by atoms with Crippen LogP contribution >= 0.6 is 11.8 Å². The van der Waals surface area contributed by atoms with Gasteiger partial charge in [0.1, 0.15) is 0 Å². The number of benzene rings is 3. The first-order valence-corrected chi connectivity index (χ1v) is 11.7. The van der Waals surface area contributed by atoms with Crippen LogP contribution in [0.1, 0.15) is 23.6 Å². The van der Waals surface area contributed by atoms with Crippen molar-refractivity contribution in [1.82, 2.24) is 10.3 Å². The molecule has 176 valence electrons. The molecule has 9 heteroatoms. The van der Waals surface area contributed by atoms with Gasteiger partial charge < -0.3 is 9.47 Å². The van der Waals surface area contributed by atoms with Crippen molar-refractivity contribution in [2.45, 2.75) is 12.5 Å². The molecule has 1 atom stereocenters. The van der Waals surface area contributed by atoms with Crippen LogP contribution in [0.15, 0.2) is 76.7 Å². The van der Waals surface area contributed by atoms with Crippen LogP contribution < -0.4 is 14.8 Å². The minimum Gasteiger partial charge on any atom is -0.493 e. The van der Waals surface area contributed by atoms with E-state index in [4.69, 9.17) is 14.6 Å². The molecule has 8 nitrogen and oxygen atoms in total. The van der Waals surface area contributed by atoms with Gasteiger partial charge in [0.05, 0.1) is 30.9 Å². The Morgan fingerprint density at radius 1 is 1.06 bits per heavy atom. The number of imide groups is 1. The SMILES string of the molecule is COc1ccc(C2CC(c3cccc4ccccc34)=NN2C(=O)/C=C2\SC(=O)NC2=O)cc1OC. The molecular formula is C26H21N3O5S. The van der Waals surface area contributed by atoms with Gasteiger partial charge in [0, 0.05) is 18.1 Å². The zero-order chi connectivity index (χ0) is 24.5. The lowest BCUT2D eigenvalue weighted by molar-refractivity contribution is -0.128. The van der Waals surface area contributed by atoms with E-state index in [1.807, 2.05) is 54.6 Å². The topological polar surface area (TPSA) is 97.3 Å². The molecule has 2 aliphatic rings. The number of carbonyl (C=O) groups is 3. The van der Waals surface area contributed by atoms with Crippen molar-refractivity contribution < 1.29 is 23.9 Å². The normalized spacial score (nSPS) is 18.7. The number of hydrogen-bond acceptors (Lipinski definition) is 7. The van der Waals surface area contributed by atoms with Gasteiger partial charge in [-0.1, -0.05) is 48.5 Å². The maximum Gasteiger partial charge on any atom is 0.290 e. The summed E-state index contributed by atoms with van der Waals surface area (Å²) in [5.74, 6) is 0.0218. The van der Waals surface area contributed by atoms with E-state index in [1.54, 1.807) is 20.3 Å². The largest absolute Gasteiger partial charge is 0.493 e. The maximum atomic E-state index is 13.3. The lowest BCUT2D eigenvalue weighted by atomic mass is 9.95. The number of ether oxygens (including phenoxy) is 2. The van der Waals surface area contributed by atoms with Crippen molar-refractivity contribution in [3.8, 4) is 11.5 Å². The number of thioether (sulfide) groups is 1. The molecule has 2 aliphatic heterocycles. The van der Waals surface area contributed by atoms with E-state index >= 15 is 0 Å². The van der Waals surface area contributed by atoms with Gasteiger partial charge in [0.2, 0.25) is 0 Å². The first-order valence-electron chi connectivity index (χ1n) is 10.8. The Balaban J connectivity index is 1.58. The molecule has 0 aromatic heterocycles. The summed E-state index contributed by atoms with van der Waals surface area (Å²) in [6.07, 6.45) is 1.62. The van der Waals surface area contributed by atoms with Gasteiger partial charge in [-0.15, -0.1) is 0 Å². The van der Waals surface area contributed by atoms with Crippen molar-refractivity contribution in [3.63, 3.8) is 0 Å². The molecule has 1 fully saturated rings. The van der Waals surface area contributed by atoms with Crippen LogP contribution in [-0.4, -0.2) is 42.0 Å². The molecule has 35 heavy (non-hydrogen) atoms. The summed E-state index contributed by atoms with van der Waals surface area (Å²) in [6.45, 7) is 0. The van der Waals surface area contributed by atoms with Crippen molar-refractivity contribution in [2.24, 2.45) is 5.10 Å². The molecule has 1 N–H and O–H groups in total. The minimum atomic E-state index is -0.589. The highest BCUT2D eigenvalue weighted by Gasteiger charge is 2.35. The lowest BCUT2D eigenvalue weighted by Crippen LogP contribution is -2.26. The molecular weight excluding hydrogens is 466 g/mol. The van der Waals surface area contributed by atoms with Gasteiger partial charge in [0.25, 0.3) is 17.1 Å². The number of amides is 3. The Kier molecular flexibility index (Phi) is 6.00. The number of nitrogens with zero attached hydrogens (tertiary/aromatic N) is 2. The van der Waals surface area contributed by atoms with Gasteiger partial charge in [-0.3, -0.25) is 19.7 Å². The van der Waals surface area contributed by atoms with Gasteiger partial charge in [-0.2, -0.15) is 5.10 Å². The molecule has 0 bridgehead atoms. The smallest absolute Gasteiger partial charge is 0.290 e. The van der Waals surface area contributed by atoms with Crippen LogP contribution in [0.5, 0.6) is 11.5 Å². The predicted molar refractivity (Wildman–Crippen MR) is 133 cm³/mol. The Morgan fingerprint density at radius 2 is 1.83 bits per heavy atom. The van der Waals surface area contributed by atoms with E-state index in [2.05, 4.69) is 5.32 Å². The van der Waals surface area contributed by atoms with Crippen LogP contribution in [0.25, 0.3) is 10.8 Å². The fourth-order valence-electron chi connectivity index (χ4n) is 4.27. The highest BCUT2D eigenvalue weighted by Crippen LogP contribution is 2.38. The Labute approximate surface area is 205 Å². The van der Waals surface area contributed by atoms with E-state index in [0.717, 1.165) is 33.7 Å². The van der Waals surface area contributed by atoms with Crippen LogP contribution in [0, 0.1) is 0 Å². The highest BCUT2D eigenvalue weighted by atomic mass is 32.2. The van der Waals surface area contributed by atoms with Gasteiger partial charge in [-0.05, 0) is 40.2 Å². The van der Waals surface area contributed by atoms with Crippen molar-refractivity contribution in [2.75, 3.05) is 14.2 Å². The van der Waals surface area contributed by atoms with E-state index in [0.29, 0.717) is 29.7 Å². The summed E-state index contributed by atoms with van der Waals surface area (Å²) in [7, 11) is 3.11. The summed E-state index contributed by atoms with van der Waals surface area (Å²) >= 11 is 0.697. The molecule has 0 saturated carbocycles. The van der Waals surface area contributed by atoms with Crippen LogP contribution in [0.4, 0.5) is 4.79 Å². The second kappa shape index (κ2) is 9.27. The quantitative estimate of drug-likeness (QED) is 0.536. The molecule has 2 heterocycles. The Morgan fingerprint density at radius 3 is 2.57 bits per heavy atom. The number of carbonyl (C=O) groups excluding carboxylic acids is 3. The Hall–Kier alpha value is -4.11. The Bertz CT molecular complexity index is 1430. The molecule has 3 aromatic rings. The maximum absolute atomic E-state index is 13.3. The second-order valence-corrected chi connectivity index (χ2v) is 8.96. The van der Waals surface area contributed by atoms with Gasteiger partial charge >= 0.3 is 0 Å². The first-order chi connectivity index (χ1) is 17.0. The molecule has 3 amide bonds. The zero-order valence-electron chi connectivity index (χ0n) is 19.0. The number of nitrogens with one attached hydrogen (secondary N) is 1. The number of hydrazone groups is 1. The summed E-state index contributed by atoms with van der Waals surface area (Å²) in [5.41, 5.74) is 2.47. The van der Waals surface area contributed by atoms with Crippen LogP contribution in [0.2, 0.25) is 0 Å². The molecule has 1 saturated heterocycles. The standard InChI is InChI=1S/C26H21N3O5S/c1-33-21-11-10-16(12-22(21)34-2)20-13-19(18-9-5-7-15-6-3-4-8-17(15)18)28-29(20)24(30)14-23-25(31)27-26(32)35-23/h3-12,14,20H,13H2,1-2H3,(H,27,31,32)/b23-14-. The summed E-state index contributed by atoms with van der Waals surface area (Å²) < 4.78 is 10.8. The fourth-order valence-corrected chi connectivity index (χ4v) is 4.92. The molecule has 5 rings (SSSR count). The molecule has 0 aliphatic carbocycles. The third-order valence-electron chi connectivity index (χ3n) is 5.93. The average molecular weight is 488 g/mol. The third-order valence-corrected chi connectivity index (χ3v) is 6.74. The molecule has 0 spiro atoms. The molecule has 3 aromatic carbocycles. The van der Waals surface area contributed by atoms with Crippen molar-refractivity contribution in [3.05, 3.63) is 82.8 Å². The lowest BCUT2D eigenvalue weighted by Gasteiger charge is -2.22. The molecule has 0 radical (unpaired) electrons. The van der Waals surface area contributed by atoms with Gasteiger partial charge in [-0.25, -0.2) is 5.01 Å². The third kappa shape index (κ3) is 4.26. The van der Waals surface area contributed by atoms with E-state index < -0.39 is 23.1 Å². The molecule has 1 unspecified atom stereocenters. The summed E-state index contributed by atoms with van der Waals surface area (Å²) in [6, 6.07) is 19.0. The number of methoxy groups -OCH3 is 2. The van der Waals surface area contributed by atoms with E-state index in [9.17, 15) is 14.4 Å². The fraction of sp³-hybridized carbons (Fsp3) is 0.154. The van der Waals surface area contributed by atoms with Gasteiger partial charge in [0.15, 0.2) is 11.5 Å². The van der Waals surface area contributed by atoms with Crippen molar-refractivity contribution >= 4 is 45.3 Å². The van der Waals surface area contributed by atoms with Crippen LogP contribution in [0.3, 0.4) is 0 Å². The monoisotopic (exact) mass is 487 g/mol.